The molecule has 0 aromatic heterocycles. The number of benzene rings is 1. The molecule has 0 heterocycles. The van der Waals surface area contributed by atoms with Crippen molar-refractivity contribution in [2.24, 2.45) is 17.6 Å². The third-order valence-electron chi connectivity index (χ3n) is 3.99. The zero-order chi connectivity index (χ0) is 13.8. The van der Waals surface area contributed by atoms with Crippen molar-refractivity contribution < 1.29 is 4.79 Å². The van der Waals surface area contributed by atoms with Crippen LogP contribution in [0.25, 0.3) is 0 Å². The van der Waals surface area contributed by atoms with Crippen molar-refractivity contribution in [1.29, 1.82) is 0 Å². The molecule has 1 aromatic carbocycles. The van der Waals surface area contributed by atoms with E-state index < -0.39 is 0 Å². The molecule has 1 aliphatic carbocycles. The van der Waals surface area contributed by atoms with Crippen LogP contribution in [0.3, 0.4) is 0 Å². The minimum atomic E-state index is -0.300. The average molecular weight is 281 g/mol. The molecule has 0 spiro atoms. The Kier molecular flexibility index (Phi) is 4.70. The smallest absolute Gasteiger partial charge is 0.240 e. The Morgan fingerprint density at radius 1 is 1.37 bits per heavy atom. The van der Waals surface area contributed by atoms with Crippen molar-refractivity contribution >= 4 is 23.2 Å². The highest BCUT2D eigenvalue weighted by atomic mass is 35.5. The largest absolute Gasteiger partial charge is 0.373 e. The van der Waals surface area contributed by atoms with E-state index in [1.165, 1.54) is 12.8 Å². The van der Waals surface area contributed by atoms with E-state index in [0.29, 0.717) is 10.9 Å². The molecule has 1 unspecified atom stereocenters. The number of hydrogen-bond donors (Lipinski definition) is 2. The molecule has 104 valence electrons. The van der Waals surface area contributed by atoms with Crippen LogP contribution in [-0.2, 0) is 4.79 Å². The molecule has 1 atom stereocenters. The lowest BCUT2D eigenvalue weighted by Crippen LogP contribution is -2.42. The molecule has 1 amide bonds. The summed E-state index contributed by atoms with van der Waals surface area (Å²) in [6, 6.07) is 7.11. The third kappa shape index (κ3) is 3.87. The first-order valence-electron chi connectivity index (χ1n) is 6.87. The number of amides is 1. The summed E-state index contributed by atoms with van der Waals surface area (Å²) in [5.74, 6) is 0.808. The molecule has 2 rings (SSSR count). The Morgan fingerprint density at radius 3 is 2.63 bits per heavy atom. The molecule has 3 nitrogen and oxygen atoms in total. The zero-order valence-electron chi connectivity index (χ0n) is 11.2. The van der Waals surface area contributed by atoms with Gasteiger partial charge in [-0.1, -0.05) is 37.4 Å². The van der Waals surface area contributed by atoms with Gasteiger partial charge in [-0.2, -0.15) is 0 Å². The summed E-state index contributed by atoms with van der Waals surface area (Å²) in [6.45, 7) is 2.26. The fourth-order valence-corrected chi connectivity index (χ4v) is 2.99. The first-order valence-corrected chi connectivity index (χ1v) is 7.25. The predicted octanol–water partition coefficient (Wildman–Crippen LogP) is 3.43. The Labute approximate surface area is 119 Å². The van der Waals surface area contributed by atoms with Gasteiger partial charge in [-0.3, -0.25) is 4.79 Å². The van der Waals surface area contributed by atoms with Gasteiger partial charge in [0.25, 0.3) is 0 Å². The minimum absolute atomic E-state index is 0.278. The molecule has 19 heavy (non-hydrogen) atoms. The minimum Gasteiger partial charge on any atom is -0.373 e. The monoisotopic (exact) mass is 280 g/mol. The van der Waals surface area contributed by atoms with Crippen LogP contribution < -0.4 is 11.1 Å². The van der Waals surface area contributed by atoms with Crippen molar-refractivity contribution in [2.75, 3.05) is 5.32 Å². The van der Waals surface area contributed by atoms with Gasteiger partial charge >= 0.3 is 0 Å². The maximum absolute atomic E-state index is 11.7. The SMILES string of the molecule is CC1CCC(C(Nc2cccc(Cl)c2)C(N)=O)CC1. The lowest BCUT2D eigenvalue weighted by atomic mass is 9.79. The van der Waals surface area contributed by atoms with Gasteiger partial charge in [0.2, 0.25) is 5.91 Å². The molecule has 1 aromatic rings. The summed E-state index contributed by atoms with van der Waals surface area (Å²) < 4.78 is 0. The highest BCUT2D eigenvalue weighted by Gasteiger charge is 2.29. The summed E-state index contributed by atoms with van der Waals surface area (Å²) >= 11 is 5.96. The van der Waals surface area contributed by atoms with Gasteiger partial charge in [0.15, 0.2) is 0 Å². The van der Waals surface area contributed by atoms with Gasteiger partial charge in [-0.05, 0) is 42.9 Å². The second-order valence-electron chi connectivity index (χ2n) is 5.55. The number of halogens is 1. The maximum atomic E-state index is 11.7. The van der Waals surface area contributed by atoms with E-state index in [0.717, 1.165) is 24.4 Å². The lowest BCUT2D eigenvalue weighted by molar-refractivity contribution is -0.120. The van der Waals surface area contributed by atoms with Crippen LogP contribution in [0.2, 0.25) is 5.02 Å². The maximum Gasteiger partial charge on any atom is 0.240 e. The number of primary amides is 1. The summed E-state index contributed by atoms with van der Waals surface area (Å²) in [6.07, 6.45) is 4.46. The second kappa shape index (κ2) is 6.29. The van der Waals surface area contributed by atoms with Crippen molar-refractivity contribution in [2.45, 2.75) is 38.6 Å². The number of nitrogens with two attached hydrogens (primary N) is 1. The Morgan fingerprint density at radius 2 is 2.05 bits per heavy atom. The van der Waals surface area contributed by atoms with Gasteiger partial charge < -0.3 is 11.1 Å². The molecule has 0 aliphatic heterocycles. The van der Waals surface area contributed by atoms with Crippen LogP contribution in [0.4, 0.5) is 5.69 Å². The topological polar surface area (TPSA) is 55.1 Å². The zero-order valence-corrected chi connectivity index (χ0v) is 12.0. The Hall–Kier alpha value is -1.22. The van der Waals surface area contributed by atoms with Gasteiger partial charge in [-0.15, -0.1) is 0 Å². The van der Waals surface area contributed by atoms with E-state index in [2.05, 4.69) is 12.2 Å². The first kappa shape index (κ1) is 14.2. The number of nitrogens with one attached hydrogen (secondary N) is 1. The number of hydrogen-bond acceptors (Lipinski definition) is 2. The molecule has 1 saturated carbocycles. The summed E-state index contributed by atoms with van der Waals surface area (Å²) in [4.78, 5) is 11.7. The van der Waals surface area contributed by atoms with Gasteiger partial charge in [-0.25, -0.2) is 0 Å². The summed E-state index contributed by atoms with van der Waals surface area (Å²) in [5, 5.41) is 3.90. The number of anilines is 1. The molecular weight excluding hydrogens is 260 g/mol. The van der Waals surface area contributed by atoms with Crippen LogP contribution in [-0.4, -0.2) is 11.9 Å². The van der Waals surface area contributed by atoms with E-state index in [9.17, 15) is 4.79 Å². The Bertz CT molecular complexity index is 442. The highest BCUT2D eigenvalue weighted by Crippen LogP contribution is 2.31. The van der Waals surface area contributed by atoms with Crippen molar-refractivity contribution in [1.82, 2.24) is 0 Å². The standard InChI is InChI=1S/C15H21ClN2O/c1-10-5-7-11(8-6-10)14(15(17)19)18-13-4-2-3-12(16)9-13/h2-4,9-11,14,18H,5-8H2,1H3,(H2,17,19). The van der Waals surface area contributed by atoms with Crippen LogP contribution in [0.5, 0.6) is 0 Å². The molecule has 1 aliphatic rings. The molecule has 4 heteroatoms. The first-order chi connectivity index (χ1) is 9.06. The van der Waals surface area contributed by atoms with Crippen LogP contribution >= 0.6 is 11.6 Å². The molecule has 0 saturated heterocycles. The third-order valence-corrected chi connectivity index (χ3v) is 4.22. The molecule has 3 N–H and O–H groups in total. The van der Waals surface area contributed by atoms with Gasteiger partial charge in [0.05, 0.1) is 0 Å². The lowest BCUT2D eigenvalue weighted by Gasteiger charge is -2.32. The fraction of sp³-hybridized carbons (Fsp3) is 0.533. The van der Waals surface area contributed by atoms with E-state index >= 15 is 0 Å². The molecular formula is C15H21ClN2O. The Balaban J connectivity index is 2.06. The van der Waals surface area contributed by atoms with Crippen LogP contribution in [0, 0.1) is 11.8 Å². The van der Waals surface area contributed by atoms with E-state index in [-0.39, 0.29) is 11.9 Å². The molecule has 0 radical (unpaired) electrons. The predicted molar refractivity (Wildman–Crippen MR) is 79.2 cm³/mol. The van der Waals surface area contributed by atoms with Gasteiger partial charge in [0.1, 0.15) is 6.04 Å². The average Bonchev–Trinajstić information content (AvgIpc) is 2.37. The van der Waals surface area contributed by atoms with E-state index in [4.69, 9.17) is 17.3 Å². The van der Waals surface area contributed by atoms with Gasteiger partial charge in [0, 0.05) is 10.7 Å². The van der Waals surface area contributed by atoms with Crippen molar-refractivity contribution in [3.8, 4) is 0 Å². The normalized spacial score (nSPS) is 24.7. The molecule has 1 fully saturated rings. The van der Waals surface area contributed by atoms with Crippen molar-refractivity contribution in [3.63, 3.8) is 0 Å². The highest BCUT2D eigenvalue weighted by molar-refractivity contribution is 6.30. The number of rotatable bonds is 4. The van der Waals surface area contributed by atoms with E-state index in [1.54, 1.807) is 0 Å². The van der Waals surface area contributed by atoms with Crippen molar-refractivity contribution in [3.05, 3.63) is 29.3 Å². The fourth-order valence-electron chi connectivity index (χ4n) is 2.80. The van der Waals surface area contributed by atoms with Crippen LogP contribution in [0.1, 0.15) is 32.6 Å². The molecule has 0 bridgehead atoms. The van der Waals surface area contributed by atoms with Crippen LogP contribution in [0.15, 0.2) is 24.3 Å². The summed E-state index contributed by atoms with van der Waals surface area (Å²) in [5.41, 5.74) is 6.41. The quantitative estimate of drug-likeness (QED) is 0.888. The second-order valence-corrected chi connectivity index (χ2v) is 5.99. The number of carbonyl (C=O) groups excluding carboxylic acids is 1. The van der Waals surface area contributed by atoms with E-state index in [1.807, 2.05) is 24.3 Å². The number of carbonyl (C=O) groups is 1. The summed E-state index contributed by atoms with van der Waals surface area (Å²) in [7, 11) is 0.